The number of ether oxygens (including phenoxy) is 2. The van der Waals surface area contributed by atoms with Crippen LogP contribution >= 0.6 is 0 Å². The summed E-state index contributed by atoms with van der Waals surface area (Å²) in [6.45, 7) is 3.33. The molecule has 1 heterocycles. The van der Waals surface area contributed by atoms with Crippen LogP contribution in [0.5, 0.6) is 5.75 Å². The van der Waals surface area contributed by atoms with Crippen molar-refractivity contribution >= 4 is 17.7 Å². The highest BCUT2D eigenvalue weighted by Crippen LogP contribution is 2.15. The van der Waals surface area contributed by atoms with E-state index in [1.165, 1.54) is 24.9 Å². The van der Waals surface area contributed by atoms with Crippen LogP contribution in [-0.4, -0.2) is 47.9 Å². The fourth-order valence-electron chi connectivity index (χ4n) is 2.09. The fourth-order valence-corrected chi connectivity index (χ4v) is 2.09. The lowest BCUT2D eigenvalue weighted by Crippen LogP contribution is -2.33. The van der Waals surface area contributed by atoms with Crippen molar-refractivity contribution in [2.75, 3.05) is 20.2 Å². The molecule has 0 atom stereocenters. The third kappa shape index (κ3) is 5.17. The maximum atomic E-state index is 12.2. The highest BCUT2D eigenvalue weighted by Gasteiger charge is 2.19. The molecule has 8 heteroatoms. The Morgan fingerprint density at radius 3 is 2.50 bits per heavy atom. The van der Waals surface area contributed by atoms with Gasteiger partial charge in [0.2, 0.25) is 0 Å². The summed E-state index contributed by atoms with van der Waals surface area (Å²) in [5, 5.41) is 3.70. The van der Waals surface area contributed by atoms with Gasteiger partial charge >= 0.3 is 5.97 Å². The molecule has 1 aromatic heterocycles. The topological polar surface area (TPSA) is 98.9 Å². The second-order valence-electron chi connectivity index (χ2n) is 5.51. The van der Waals surface area contributed by atoms with E-state index < -0.39 is 11.9 Å². The molecule has 1 amide bonds. The predicted octanol–water partition coefficient (Wildman–Crippen LogP) is 2.09. The lowest BCUT2D eigenvalue weighted by atomic mass is 10.1. The maximum Gasteiger partial charge on any atom is 0.325 e. The first-order valence-corrected chi connectivity index (χ1v) is 8.01. The number of amides is 1. The molecular weight excluding hydrogens is 340 g/mol. The van der Waals surface area contributed by atoms with Gasteiger partial charge in [-0.05, 0) is 38.1 Å². The van der Waals surface area contributed by atoms with Gasteiger partial charge in [0.25, 0.3) is 5.91 Å². The normalized spacial score (nSPS) is 10.3. The summed E-state index contributed by atoms with van der Waals surface area (Å²) in [7, 11) is 1.47. The van der Waals surface area contributed by atoms with E-state index >= 15 is 0 Å². The fraction of sp³-hybridized carbons (Fsp3) is 0.333. The molecule has 0 aliphatic rings. The number of benzene rings is 1. The first-order valence-electron chi connectivity index (χ1n) is 8.01. The summed E-state index contributed by atoms with van der Waals surface area (Å²) >= 11 is 0. The van der Waals surface area contributed by atoms with Crippen LogP contribution in [0.1, 0.15) is 40.5 Å². The van der Waals surface area contributed by atoms with E-state index in [4.69, 9.17) is 14.0 Å². The van der Waals surface area contributed by atoms with Crippen molar-refractivity contribution in [3.63, 3.8) is 0 Å². The van der Waals surface area contributed by atoms with E-state index in [0.29, 0.717) is 17.1 Å². The number of carbonyl (C=O) groups excluding carboxylic acids is 3. The molecule has 2 rings (SSSR count). The standard InChI is InChI=1S/C18H20N2O6/c1-4-24-17(22)10-20(3)18(23)16-9-15(26-19-16)11-25-14-7-5-13(6-8-14)12(2)21/h5-9H,4,10-11H2,1-3H3. The molecule has 1 aromatic carbocycles. The monoisotopic (exact) mass is 360 g/mol. The smallest absolute Gasteiger partial charge is 0.325 e. The van der Waals surface area contributed by atoms with Gasteiger partial charge in [-0.3, -0.25) is 14.4 Å². The van der Waals surface area contributed by atoms with Gasteiger partial charge in [0.15, 0.2) is 17.2 Å². The van der Waals surface area contributed by atoms with Crippen molar-refractivity contribution < 1.29 is 28.4 Å². The number of likely N-dealkylation sites (N-methyl/N-ethyl adjacent to an activating group) is 1. The first kappa shape index (κ1) is 19.2. The average molecular weight is 360 g/mol. The van der Waals surface area contributed by atoms with Crippen LogP contribution in [0, 0.1) is 0 Å². The Morgan fingerprint density at radius 2 is 1.88 bits per heavy atom. The average Bonchev–Trinajstić information content (AvgIpc) is 3.08. The van der Waals surface area contributed by atoms with Gasteiger partial charge in [-0.2, -0.15) is 0 Å². The Kier molecular flexibility index (Phi) is 6.48. The number of aromatic nitrogens is 1. The Hall–Kier alpha value is -3.16. The van der Waals surface area contributed by atoms with Gasteiger partial charge in [0.05, 0.1) is 6.61 Å². The van der Waals surface area contributed by atoms with Crippen LogP contribution < -0.4 is 4.74 Å². The zero-order valence-corrected chi connectivity index (χ0v) is 14.9. The molecular formula is C18H20N2O6. The van der Waals surface area contributed by atoms with E-state index in [-0.39, 0.29) is 31.2 Å². The molecule has 0 N–H and O–H groups in total. The van der Waals surface area contributed by atoms with Gasteiger partial charge < -0.3 is 18.9 Å². The quantitative estimate of drug-likeness (QED) is 0.525. The molecule has 0 fully saturated rings. The molecule has 0 radical (unpaired) electrons. The van der Waals surface area contributed by atoms with Crippen LogP contribution in [0.25, 0.3) is 0 Å². The zero-order valence-electron chi connectivity index (χ0n) is 14.9. The number of ketones is 1. The molecule has 0 aliphatic heterocycles. The maximum absolute atomic E-state index is 12.2. The third-order valence-electron chi connectivity index (χ3n) is 3.44. The molecule has 8 nitrogen and oxygen atoms in total. The van der Waals surface area contributed by atoms with Crippen LogP contribution in [-0.2, 0) is 16.1 Å². The molecule has 0 aliphatic carbocycles. The molecule has 2 aromatic rings. The minimum absolute atomic E-state index is 0.0260. The zero-order chi connectivity index (χ0) is 19.1. The Morgan fingerprint density at radius 1 is 1.19 bits per heavy atom. The lowest BCUT2D eigenvalue weighted by Gasteiger charge is -2.13. The van der Waals surface area contributed by atoms with Gasteiger partial charge in [0.1, 0.15) is 18.9 Å². The third-order valence-corrected chi connectivity index (χ3v) is 3.44. The van der Waals surface area contributed by atoms with Gasteiger partial charge in [-0.15, -0.1) is 0 Å². The number of carbonyl (C=O) groups is 3. The number of rotatable bonds is 8. The summed E-state index contributed by atoms with van der Waals surface area (Å²) in [5.74, 6) is -0.0719. The Balaban J connectivity index is 1.91. The minimum atomic E-state index is -0.496. The molecule has 0 spiro atoms. The largest absolute Gasteiger partial charge is 0.486 e. The number of Topliss-reactive ketones (excluding diaryl/α,β-unsaturated/α-hetero) is 1. The van der Waals surface area contributed by atoms with Crippen molar-refractivity contribution in [2.45, 2.75) is 20.5 Å². The second-order valence-corrected chi connectivity index (χ2v) is 5.51. The molecule has 0 saturated heterocycles. The van der Waals surface area contributed by atoms with Crippen molar-refractivity contribution in [1.29, 1.82) is 0 Å². The van der Waals surface area contributed by atoms with Crippen molar-refractivity contribution in [2.24, 2.45) is 0 Å². The second kappa shape index (κ2) is 8.80. The van der Waals surface area contributed by atoms with Crippen molar-refractivity contribution in [1.82, 2.24) is 10.1 Å². The summed E-state index contributed by atoms with van der Waals surface area (Å²) in [4.78, 5) is 36.0. The van der Waals surface area contributed by atoms with E-state index in [1.807, 2.05) is 0 Å². The number of nitrogens with zero attached hydrogens (tertiary/aromatic N) is 2. The van der Waals surface area contributed by atoms with E-state index in [9.17, 15) is 14.4 Å². The van der Waals surface area contributed by atoms with Gasteiger partial charge in [0, 0.05) is 18.7 Å². The van der Waals surface area contributed by atoms with E-state index in [1.54, 1.807) is 31.2 Å². The highest BCUT2D eigenvalue weighted by atomic mass is 16.5. The van der Waals surface area contributed by atoms with Crippen molar-refractivity contribution in [3.05, 3.63) is 47.3 Å². The Bertz CT molecular complexity index is 781. The summed E-state index contributed by atoms with van der Waals surface area (Å²) in [5.41, 5.74) is 0.664. The highest BCUT2D eigenvalue weighted by molar-refractivity contribution is 5.94. The van der Waals surface area contributed by atoms with Crippen LogP contribution in [0.4, 0.5) is 0 Å². The van der Waals surface area contributed by atoms with Crippen LogP contribution in [0.15, 0.2) is 34.9 Å². The molecule has 0 saturated carbocycles. The van der Waals surface area contributed by atoms with Crippen LogP contribution in [0.2, 0.25) is 0 Å². The summed E-state index contributed by atoms with van der Waals surface area (Å²) < 4.78 is 15.4. The molecule has 138 valence electrons. The SMILES string of the molecule is CCOC(=O)CN(C)C(=O)c1cc(COc2ccc(C(C)=O)cc2)on1. The van der Waals surface area contributed by atoms with Crippen molar-refractivity contribution in [3.8, 4) is 5.75 Å². The van der Waals surface area contributed by atoms with E-state index in [2.05, 4.69) is 5.16 Å². The summed E-state index contributed by atoms with van der Waals surface area (Å²) in [6, 6.07) is 8.13. The summed E-state index contributed by atoms with van der Waals surface area (Å²) in [6.07, 6.45) is 0. The number of esters is 1. The molecule has 0 bridgehead atoms. The first-order chi connectivity index (χ1) is 12.4. The number of hydrogen-bond donors (Lipinski definition) is 0. The van der Waals surface area contributed by atoms with Gasteiger partial charge in [-0.25, -0.2) is 0 Å². The lowest BCUT2D eigenvalue weighted by molar-refractivity contribution is -0.143. The number of hydrogen-bond acceptors (Lipinski definition) is 7. The Labute approximate surface area is 150 Å². The predicted molar refractivity (Wildman–Crippen MR) is 90.9 cm³/mol. The molecule has 0 unspecified atom stereocenters. The minimum Gasteiger partial charge on any atom is -0.486 e. The van der Waals surface area contributed by atoms with E-state index in [0.717, 1.165) is 0 Å². The van der Waals surface area contributed by atoms with Crippen LogP contribution in [0.3, 0.4) is 0 Å². The van der Waals surface area contributed by atoms with Gasteiger partial charge in [-0.1, -0.05) is 5.16 Å². The molecule has 26 heavy (non-hydrogen) atoms.